The molecule has 3 nitrogen and oxygen atoms in total. The molecule has 0 spiro atoms. The van der Waals surface area contributed by atoms with Crippen LogP contribution in [0.4, 0.5) is 0 Å². The molecular formula is C14H28N2O. The fourth-order valence-electron chi connectivity index (χ4n) is 3.12. The number of hydrogen-bond donors (Lipinski definition) is 1. The molecule has 1 aliphatic carbocycles. The van der Waals surface area contributed by atoms with Gasteiger partial charge >= 0.3 is 0 Å². The number of nitrogens with one attached hydrogen (secondary N) is 1. The van der Waals surface area contributed by atoms with E-state index in [4.69, 9.17) is 4.74 Å². The van der Waals surface area contributed by atoms with Gasteiger partial charge in [0.15, 0.2) is 0 Å². The van der Waals surface area contributed by atoms with Crippen LogP contribution in [0, 0.1) is 5.92 Å². The Morgan fingerprint density at radius 3 is 2.59 bits per heavy atom. The van der Waals surface area contributed by atoms with Crippen LogP contribution in [0.5, 0.6) is 0 Å². The molecule has 0 aromatic rings. The van der Waals surface area contributed by atoms with Crippen molar-refractivity contribution in [3.8, 4) is 0 Å². The molecule has 0 amide bonds. The first-order valence-electron chi connectivity index (χ1n) is 7.17. The van der Waals surface area contributed by atoms with E-state index in [1.807, 2.05) is 7.11 Å². The van der Waals surface area contributed by atoms with E-state index in [-0.39, 0.29) is 0 Å². The highest BCUT2D eigenvalue weighted by atomic mass is 16.5. The summed E-state index contributed by atoms with van der Waals surface area (Å²) in [6.07, 6.45) is 4.24. The maximum Gasteiger partial charge on any atom is 0.0601 e. The Labute approximate surface area is 106 Å². The van der Waals surface area contributed by atoms with Gasteiger partial charge in [-0.25, -0.2) is 0 Å². The van der Waals surface area contributed by atoms with Gasteiger partial charge in [-0.05, 0) is 25.2 Å². The Morgan fingerprint density at radius 2 is 2.06 bits per heavy atom. The number of piperazine rings is 1. The Balaban J connectivity index is 1.91. The lowest BCUT2D eigenvalue weighted by molar-refractivity contribution is -0.0550. The van der Waals surface area contributed by atoms with Crippen molar-refractivity contribution in [1.82, 2.24) is 10.2 Å². The van der Waals surface area contributed by atoms with Crippen molar-refractivity contribution < 1.29 is 4.74 Å². The minimum absolute atomic E-state index is 0.518. The Kier molecular flexibility index (Phi) is 4.45. The maximum absolute atomic E-state index is 5.41. The summed E-state index contributed by atoms with van der Waals surface area (Å²) in [5.74, 6) is 0.730. The third kappa shape index (κ3) is 2.83. The van der Waals surface area contributed by atoms with Gasteiger partial charge in [-0.1, -0.05) is 20.8 Å². The summed E-state index contributed by atoms with van der Waals surface area (Å²) in [6, 6.07) is 2.17. The van der Waals surface area contributed by atoms with Crippen LogP contribution in [-0.4, -0.2) is 49.3 Å². The summed E-state index contributed by atoms with van der Waals surface area (Å²) < 4.78 is 5.41. The van der Waals surface area contributed by atoms with Gasteiger partial charge < -0.3 is 10.1 Å². The fraction of sp³-hybridized carbons (Fsp3) is 1.00. The minimum atomic E-state index is 0.518. The summed E-state index contributed by atoms with van der Waals surface area (Å²) in [5.41, 5.74) is 0. The van der Waals surface area contributed by atoms with E-state index in [2.05, 4.69) is 31.0 Å². The average Bonchev–Trinajstić information content (AvgIpc) is 2.27. The molecule has 0 aromatic carbocycles. The number of rotatable bonds is 4. The molecule has 1 N–H and O–H groups in total. The SMILES string of the molecule is CCC1CNC(C(C)C)CN1C1CC(OC)C1. The van der Waals surface area contributed by atoms with Crippen LogP contribution < -0.4 is 5.32 Å². The lowest BCUT2D eigenvalue weighted by Crippen LogP contribution is -2.63. The van der Waals surface area contributed by atoms with E-state index < -0.39 is 0 Å². The van der Waals surface area contributed by atoms with E-state index in [0.29, 0.717) is 12.1 Å². The molecule has 2 fully saturated rings. The second-order valence-corrected chi connectivity index (χ2v) is 6.00. The highest BCUT2D eigenvalue weighted by molar-refractivity contribution is 4.96. The van der Waals surface area contributed by atoms with Crippen LogP contribution in [0.1, 0.15) is 40.0 Å². The van der Waals surface area contributed by atoms with Gasteiger partial charge in [0.05, 0.1) is 6.10 Å². The topological polar surface area (TPSA) is 24.5 Å². The van der Waals surface area contributed by atoms with Crippen molar-refractivity contribution in [2.45, 2.75) is 64.3 Å². The summed E-state index contributed by atoms with van der Waals surface area (Å²) in [5, 5.41) is 3.70. The van der Waals surface area contributed by atoms with Gasteiger partial charge in [-0.2, -0.15) is 0 Å². The fourth-order valence-corrected chi connectivity index (χ4v) is 3.12. The zero-order valence-corrected chi connectivity index (χ0v) is 11.8. The highest BCUT2D eigenvalue weighted by Gasteiger charge is 2.39. The molecule has 1 saturated heterocycles. The third-order valence-corrected chi connectivity index (χ3v) is 4.64. The molecule has 2 aliphatic rings. The van der Waals surface area contributed by atoms with Gasteiger partial charge in [0.2, 0.25) is 0 Å². The lowest BCUT2D eigenvalue weighted by atomic mass is 9.84. The molecule has 2 atom stereocenters. The molecular weight excluding hydrogens is 212 g/mol. The largest absolute Gasteiger partial charge is 0.381 e. The molecule has 17 heavy (non-hydrogen) atoms. The van der Waals surface area contributed by atoms with Gasteiger partial charge in [-0.15, -0.1) is 0 Å². The van der Waals surface area contributed by atoms with Crippen molar-refractivity contribution in [1.29, 1.82) is 0 Å². The molecule has 0 aromatic heterocycles. The Bertz CT molecular complexity index is 238. The average molecular weight is 240 g/mol. The van der Waals surface area contributed by atoms with Crippen molar-refractivity contribution in [3.05, 3.63) is 0 Å². The zero-order valence-electron chi connectivity index (χ0n) is 11.8. The van der Waals surface area contributed by atoms with Crippen LogP contribution in [0.2, 0.25) is 0 Å². The predicted octanol–water partition coefficient (Wildman–Crippen LogP) is 1.87. The normalized spacial score (nSPS) is 39.4. The first-order chi connectivity index (χ1) is 8.15. The van der Waals surface area contributed by atoms with Crippen molar-refractivity contribution in [2.24, 2.45) is 5.92 Å². The van der Waals surface area contributed by atoms with Crippen LogP contribution in [0.25, 0.3) is 0 Å². The lowest BCUT2D eigenvalue weighted by Gasteiger charge is -2.50. The van der Waals surface area contributed by atoms with E-state index in [0.717, 1.165) is 24.5 Å². The number of hydrogen-bond acceptors (Lipinski definition) is 3. The molecule has 100 valence electrons. The monoisotopic (exact) mass is 240 g/mol. The second-order valence-electron chi connectivity index (χ2n) is 6.00. The Morgan fingerprint density at radius 1 is 1.35 bits per heavy atom. The first kappa shape index (κ1) is 13.3. The van der Waals surface area contributed by atoms with Gasteiger partial charge in [0, 0.05) is 38.3 Å². The van der Waals surface area contributed by atoms with Crippen LogP contribution in [-0.2, 0) is 4.74 Å². The first-order valence-corrected chi connectivity index (χ1v) is 7.17. The number of ether oxygens (including phenoxy) is 1. The van der Waals surface area contributed by atoms with Crippen LogP contribution >= 0.6 is 0 Å². The molecule has 0 bridgehead atoms. The smallest absolute Gasteiger partial charge is 0.0601 e. The van der Waals surface area contributed by atoms with Gasteiger partial charge in [0.25, 0.3) is 0 Å². The highest BCUT2D eigenvalue weighted by Crippen LogP contribution is 2.31. The van der Waals surface area contributed by atoms with E-state index >= 15 is 0 Å². The summed E-state index contributed by atoms with van der Waals surface area (Å²) in [7, 11) is 1.84. The van der Waals surface area contributed by atoms with Gasteiger partial charge in [0.1, 0.15) is 0 Å². The van der Waals surface area contributed by atoms with Gasteiger partial charge in [-0.3, -0.25) is 4.90 Å². The van der Waals surface area contributed by atoms with Crippen LogP contribution in [0.15, 0.2) is 0 Å². The molecule has 1 heterocycles. The quantitative estimate of drug-likeness (QED) is 0.812. The molecule has 0 radical (unpaired) electrons. The van der Waals surface area contributed by atoms with Crippen molar-refractivity contribution >= 4 is 0 Å². The zero-order chi connectivity index (χ0) is 12.4. The predicted molar refractivity (Wildman–Crippen MR) is 71.2 cm³/mol. The van der Waals surface area contributed by atoms with E-state index in [1.165, 1.54) is 25.8 Å². The molecule has 1 aliphatic heterocycles. The Hall–Kier alpha value is -0.120. The number of methoxy groups -OCH3 is 1. The summed E-state index contributed by atoms with van der Waals surface area (Å²) >= 11 is 0. The van der Waals surface area contributed by atoms with Crippen molar-refractivity contribution in [2.75, 3.05) is 20.2 Å². The maximum atomic E-state index is 5.41. The summed E-state index contributed by atoms with van der Waals surface area (Å²) in [4.78, 5) is 2.75. The number of nitrogens with zero attached hydrogens (tertiary/aromatic N) is 1. The van der Waals surface area contributed by atoms with Crippen LogP contribution in [0.3, 0.4) is 0 Å². The molecule has 1 saturated carbocycles. The third-order valence-electron chi connectivity index (χ3n) is 4.64. The second kappa shape index (κ2) is 5.68. The standard InChI is InChI=1S/C14H28N2O/c1-5-11-8-15-14(10(2)3)9-16(11)12-6-13(7-12)17-4/h10-15H,5-9H2,1-4H3. The van der Waals surface area contributed by atoms with Crippen molar-refractivity contribution in [3.63, 3.8) is 0 Å². The molecule has 2 rings (SSSR count). The molecule has 3 heteroatoms. The summed E-state index contributed by atoms with van der Waals surface area (Å²) in [6.45, 7) is 9.33. The van der Waals surface area contributed by atoms with E-state index in [9.17, 15) is 0 Å². The minimum Gasteiger partial charge on any atom is -0.381 e. The van der Waals surface area contributed by atoms with E-state index in [1.54, 1.807) is 0 Å². The molecule has 2 unspecified atom stereocenters.